The third-order valence-electron chi connectivity index (χ3n) is 3.47. The van der Waals surface area contributed by atoms with E-state index in [0.717, 1.165) is 32.8 Å². The molecule has 2 unspecified atom stereocenters. The first-order valence-corrected chi connectivity index (χ1v) is 7.65. The van der Waals surface area contributed by atoms with Crippen molar-refractivity contribution >= 4 is 11.3 Å². The molecule has 0 aliphatic carbocycles. The molecule has 0 amide bonds. The molecule has 1 aliphatic heterocycles. The second-order valence-corrected chi connectivity index (χ2v) is 6.12. The fourth-order valence-corrected chi connectivity index (χ4v) is 3.50. The summed E-state index contributed by atoms with van der Waals surface area (Å²) in [7, 11) is 0. The lowest BCUT2D eigenvalue weighted by Crippen LogP contribution is -2.44. The third-order valence-corrected chi connectivity index (χ3v) is 4.67. The maximum absolute atomic E-state index is 5.38. The molecule has 1 aliphatic rings. The monoisotopic (exact) mass is 268 g/mol. The lowest BCUT2D eigenvalue weighted by molar-refractivity contribution is 0.0339. The summed E-state index contributed by atoms with van der Waals surface area (Å²) >= 11 is 1.85. The highest BCUT2D eigenvalue weighted by atomic mass is 32.1. The van der Waals surface area contributed by atoms with E-state index >= 15 is 0 Å². The Labute approximate surface area is 114 Å². The van der Waals surface area contributed by atoms with Crippen molar-refractivity contribution < 1.29 is 4.74 Å². The van der Waals surface area contributed by atoms with Crippen LogP contribution in [0.15, 0.2) is 11.4 Å². The van der Waals surface area contributed by atoms with Crippen LogP contribution in [0.2, 0.25) is 0 Å². The Morgan fingerprint density at radius 2 is 2.11 bits per heavy atom. The van der Waals surface area contributed by atoms with Crippen molar-refractivity contribution in [3.05, 3.63) is 21.9 Å². The van der Waals surface area contributed by atoms with Gasteiger partial charge in [0, 0.05) is 36.6 Å². The number of hydrogen-bond acceptors (Lipinski definition) is 4. The molecule has 2 heterocycles. The number of nitrogens with zero attached hydrogens (tertiary/aromatic N) is 1. The van der Waals surface area contributed by atoms with Crippen LogP contribution in [-0.2, 0) is 4.74 Å². The summed E-state index contributed by atoms with van der Waals surface area (Å²) in [4.78, 5) is 3.94. The molecule has 1 aromatic rings. The molecule has 1 aromatic heterocycles. The van der Waals surface area contributed by atoms with Crippen molar-refractivity contribution in [1.82, 2.24) is 10.2 Å². The molecule has 0 aromatic carbocycles. The summed E-state index contributed by atoms with van der Waals surface area (Å²) in [5.41, 5.74) is 1.40. The molecule has 1 fully saturated rings. The molecule has 4 heteroatoms. The van der Waals surface area contributed by atoms with Gasteiger partial charge in [0.25, 0.3) is 0 Å². The fourth-order valence-electron chi connectivity index (χ4n) is 2.55. The van der Waals surface area contributed by atoms with Crippen LogP contribution >= 0.6 is 11.3 Å². The van der Waals surface area contributed by atoms with Gasteiger partial charge in [-0.2, -0.15) is 0 Å². The van der Waals surface area contributed by atoms with E-state index in [0.29, 0.717) is 12.1 Å². The zero-order chi connectivity index (χ0) is 13.0. The third kappa shape index (κ3) is 3.79. The van der Waals surface area contributed by atoms with Crippen LogP contribution in [0.1, 0.15) is 30.3 Å². The molecule has 3 nitrogen and oxygen atoms in total. The van der Waals surface area contributed by atoms with Crippen LogP contribution in [0, 0.1) is 6.92 Å². The zero-order valence-corrected chi connectivity index (χ0v) is 12.4. The molecule has 1 saturated heterocycles. The van der Waals surface area contributed by atoms with E-state index in [-0.39, 0.29) is 0 Å². The quantitative estimate of drug-likeness (QED) is 0.887. The largest absolute Gasteiger partial charge is 0.379 e. The number of nitrogens with one attached hydrogen (secondary N) is 1. The molecule has 0 bridgehead atoms. The highest BCUT2D eigenvalue weighted by Gasteiger charge is 2.16. The fraction of sp³-hybridized carbons (Fsp3) is 0.714. The Balaban J connectivity index is 1.79. The number of aryl methyl sites for hydroxylation is 1. The molecule has 0 saturated carbocycles. The number of rotatable bonds is 5. The first-order chi connectivity index (χ1) is 8.66. The smallest absolute Gasteiger partial charge is 0.0594 e. The average Bonchev–Trinajstić information content (AvgIpc) is 2.76. The van der Waals surface area contributed by atoms with Gasteiger partial charge in [-0.1, -0.05) is 0 Å². The summed E-state index contributed by atoms with van der Waals surface area (Å²) in [5.74, 6) is 0. The van der Waals surface area contributed by atoms with Crippen LogP contribution in [0.25, 0.3) is 0 Å². The van der Waals surface area contributed by atoms with E-state index in [4.69, 9.17) is 4.74 Å². The minimum atomic E-state index is 0.445. The summed E-state index contributed by atoms with van der Waals surface area (Å²) in [5, 5.41) is 5.87. The van der Waals surface area contributed by atoms with Gasteiger partial charge in [0.1, 0.15) is 0 Å². The molecular formula is C14H24N2OS. The van der Waals surface area contributed by atoms with E-state index in [1.54, 1.807) is 0 Å². The first kappa shape index (κ1) is 14.0. The van der Waals surface area contributed by atoms with Crippen molar-refractivity contribution in [2.75, 3.05) is 32.8 Å². The molecule has 1 N–H and O–H groups in total. The van der Waals surface area contributed by atoms with Gasteiger partial charge >= 0.3 is 0 Å². The second kappa shape index (κ2) is 6.66. The van der Waals surface area contributed by atoms with Crippen LogP contribution in [0.5, 0.6) is 0 Å². The predicted octanol–water partition coefficient (Wildman–Crippen LogP) is 2.43. The van der Waals surface area contributed by atoms with Crippen LogP contribution in [0.4, 0.5) is 0 Å². The lowest BCUT2D eigenvalue weighted by atomic mass is 10.1. The van der Waals surface area contributed by atoms with Crippen molar-refractivity contribution in [3.8, 4) is 0 Å². The van der Waals surface area contributed by atoms with Crippen molar-refractivity contribution in [3.63, 3.8) is 0 Å². The lowest BCUT2D eigenvalue weighted by Gasteiger charge is -2.30. The van der Waals surface area contributed by atoms with Crippen LogP contribution < -0.4 is 5.32 Å². The Morgan fingerprint density at radius 1 is 1.39 bits per heavy atom. The van der Waals surface area contributed by atoms with Crippen LogP contribution in [-0.4, -0.2) is 43.8 Å². The van der Waals surface area contributed by atoms with Gasteiger partial charge < -0.3 is 10.1 Å². The summed E-state index contributed by atoms with van der Waals surface area (Å²) in [6, 6.07) is 3.16. The number of hydrogen-bond donors (Lipinski definition) is 1. The maximum atomic E-state index is 5.38. The highest BCUT2D eigenvalue weighted by molar-refractivity contribution is 7.10. The van der Waals surface area contributed by atoms with Crippen molar-refractivity contribution in [2.24, 2.45) is 0 Å². The zero-order valence-electron chi connectivity index (χ0n) is 11.6. The molecule has 2 atom stereocenters. The van der Waals surface area contributed by atoms with E-state index in [1.807, 2.05) is 11.3 Å². The van der Waals surface area contributed by atoms with E-state index in [2.05, 4.69) is 42.4 Å². The molecule has 0 spiro atoms. The first-order valence-electron chi connectivity index (χ1n) is 6.77. The molecule has 102 valence electrons. The van der Waals surface area contributed by atoms with Gasteiger partial charge in [-0.05, 0) is 37.8 Å². The average molecular weight is 268 g/mol. The van der Waals surface area contributed by atoms with Crippen LogP contribution in [0.3, 0.4) is 0 Å². The standard InChI is InChI=1S/C14H24N2OS/c1-11-4-9-18-14(11)13(3)15-12(2)10-16-5-7-17-8-6-16/h4,9,12-13,15H,5-8,10H2,1-3H3. The highest BCUT2D eigenvalue weighted by Crippen LogP contribution is 2.23. The second-order valence-electron chi connectivity index (χ2n) is 5.17. The normalized spacial score (nSPS) is 20.8. The summed E-state index contributed by atoms with van der Waals surface area (Å²) in [6.45, 7) is 11.7. The summed E-state index contributed by atoms with van der Waals surface area (Å²) in [6.07, 6.45) is 0. The van der Waals surface area contributed by atoms with Crippen molar-refractivity contribution in [1.29, 1.82) is 0 Å². The number of ether oxygens (including phenoxy) is 1. The minimum absolute atomic E-state index is 0.445. The number of thiophene rings is 1. The molecule has 18 heavy (non-hydrogen) atoms. The van der Waals surface area contributed by atoms with E-state index in [1.165, 1.54) is 10.4 Å². The Hall–Kier alpha value is -0.420. The topological polar surface area (TPSA) is 24.5 Å². The van der Waals surface area contributed by atoms with Gasteiger partial charge in [-0.25, -0.2) is 0 Å². The maximum Gasteiger partial charge on any atom is 0.0594 e. The SMILES string of the molecule is Cc1ccsc1C(C)NC(C)CN1CCOCC1. The van der Waals surface area contributed by atoms with E-state index < -0.39 is 0 Å². The van der Waals surface area contributed by atoms with E-state index in [9.17, 15) is 0 Å². The Kier molecular flexibility index (Phi) is 5.18. The van der Waals surface area contributed by atoms with Gasteiger partial charge in [-0.3, -0.25) is 4.90 Å². The predicted molar refractivity (Wildman–Crippen MR) is 77.3 cm³/mol. The van der Waals surface area contributed by atoms with Crippen molar-refractivity contribution in [2.45, 2.75) is 32.9 Å². The minimum Gasteiger partial charge on any atom is -0.379 e. The Bertz CT molecular complexity index is 360. The van der Waals surface area contributed by atoms with Gasteiger partial charge in [0.15, 0.2) is 0 Å². The molecule has 0 radical (unpaired) electrons. The Morgan fingerprint density at radius 3 is 2.72 bits per heavy atom. The van der Waals surface area contributed by atoms with Gasteiger partial charge in [-0.15, -0.1) is 11.3 Å². The van der Waals surface area contributed by atoms with Gasteiger partial charge in [0.05, 0.1) is 13.2 Å². The summed E-state index contributed by atoms with van der Waals surface area (Å²) < 4.78 is 5.38. The molecular weight excluding hydrogens is 244 g/mol. The molecule has 2 rings (SSSR count). The number of morpholine rings is 1. The van der Waals surface area contributed by atoms with Gasteiger partial charge in [0.2, 0.25) is 0 Å².